The minimum Gasteiger partial charge on any atom is -0.493 e. The van der Waals surface area contributed by atoms with E-state index in [-0.39, 0.29) is 18.6 Å². The average Bonchev–Trinajstić information content (AvgIpc) is 3.39. The van der Waals surface area contributed by atoms with Gasteiger partial charge in [-0.15, -0.1) is 0 Å². The van der Waals surface area contributed by atoms with Crippen molar-refractivity contribution < 1.29 is 28.5 Å². The van der Waals surface area contributed by atoms with Crippen LogP contribution in [0.1, 0.15) is 44.6 Å². The van der Waals surface area contributed by atoms with Crippen LogP contribution in [0.2, 0.25) is 0 Å². The molecule has 0 fully saturated rings. The van der Waals surface area contributed by atoms with Crippen LogP contribution in [0.4, 0.5) is 0 Å². The first-order chi connectivity index (χ1) is 17.6. The number of rotatable bonds is 5. The molecule has 8 nitrogen and oxygen atoms in total. The molecule has 0 bridgehead atoms. The summed E-state index contributed by atoms with van der Waals surface area (Å²) in [6.45, 7) is 1.04. The van der Waals surface area contributed by atoms with Gasteiger partial charge in [0.15, 0.2) is 23.0 Å². The highest BCUT2D eigenvalue weighted by atomic mass is 16.7. The van der Waals surface area contributed by atoms with Crippen molar-refractivity contribution >= 4 is 11.8 Å². The lowest BCUT2D eigenvalue weighted by Crippen LogP contribution is -2.50. The molecule has 0 aromatic heterocycles. The highest BCUT2D eigenvalue weighted by Gasteiger charge is 2.46. The summed E-state index contributed by atoms with van der Waals surface area (Å²) >= 11 is 0. The quantitative estimate of drug-likeness (QED) is 0.593. The number of fused-ring (bicyclic) bond motifs is 5. The van der Waals surface area contributed by atoms with Crippen molar-refractivity contribution in [2.75, 3.05) is 27.6 Å². The number of ether oxygens (including phenoxy) is 4. The number of nitrogens with one attached hydrogen (secondary N) is 1. The first-order valence-electron chi connectivity index (χ1n) is 11.9. The van der Waals surface area contributed by atoms with Crippen LogP contribution in [-0.4, -0.2) is 44.3 Å². The van der Waals surface area contributed by atoms with E-state index in [0.717, 1.165) is 22.3 Å². The minimum absolute atomic E-state index is 0.0594. The van der Waals surface area contributed by atoms with E-state index < -0.39 is 12.0 Å². The van der Waals surface area contributed by atoms with E-state index in [9.17, 15) is 9.59 Å². The number of benzene rings is 3. The van der Waals surface area contributed by atoms with Gasteiger partial charge < -0.3 is 29.2 Å². The van der Waals surface area contributed by atoms with Gasteiger partial charge in [-0.05, 0) is 59.0 Å². The van der Waals surface area contributed by atoms with Crippen LogP contribution in [0.25, 0.3) is 0 Å². The molecule has 36 heavy (non-hydrogen) atoms. The van der Waals surface area contributed by atoms with Gasteiger partial charge in [0, 0.05) is 18.7 Å². The Hall–Kier alpha value is -4.20. The number of carbonyl (C=O) groups excluding carboxylic acids is 2. The second kappa shape index (κ2) is 8.78. The van der Waals surface area contributed by atoms with Gasteiger partial charge in [0.25, 0.3) is 5.91 Å². The summed E-state index contributed by atoms with van der Waals surface area (Å²) in [4.78, 5) is 29.2. The summed E-state index contributed by atoms with van der Waals surface area (Å²) in [7, 11) is 3.19. The third-order valence-corrected chi connectivity index (χ3v) is 7.21. The third-order valence-electron chi connectivity index (χ3n) is 7.21. The largest absolute Gasteiger partial charge is 0.493 e. The van der Waals surface area contributed by atoms with Crippen molar-refractivity contribution in [1.82, 2.24) is 10.2 Å². The van der Waals surface area contributed by atoms with Crippen LogP contribution < -0.4 is 24.3 Å². The Balaban J connectivity index is 1.39. The molecule has 8 heteroatoms. The molecule has 3 aromatic carbocycles. The molecule has 0 saturated carbocycles. The molecular formula is C28H26N2O6. The number of carbonyl (C=O) groups is 2. The van der Waals surface area contributed by atoms with E-state index in [1.807, 2.05) is 53.4 Å². The molecule has 2 amide bonds. The zero-order valence-electron chi connectivity index (χ0n) is 20.1. The summed E-state index contributed by atoms with van der Waals surface area (Å²) in [6, 6.07) is 16.4. The third kappa shape index (κ3) is 3.52. The zero-order valence-corrected chi connectivity index (χ0v) is 20.1. The highest BCUT2D eigenvalue weighted by Crippen LogP contribution is 2.48. The highest BCUT2D eigenvalue weighted by molar-refractivity contribution is 6.01. The summed E-state index contributed by atoms with van der Waals surface area (Å²) < 4.78 is 21.9. The Labute approximate surface area is 208 Å². The van der Waals surface area contributed by atoms with E-state index in [1.165, 1.54) is 0 Å². The molecule has 2 atom stereocenters. The van der Waals surface area contributed by atoms with Crippen molar-refractivity contribution in [3.8, 4) is 23.0 Å². The molecule has 0 saturated heterocycles. The van der Waals surface area contributed by atoms with E-state index in [0.29, 0.717) is 48.1 Å². The monoisotopic (exact) mass is 486 g/mol. The van der Waals surface area contributed by atoms with Crippen LogP contribution in [-0.2, 0) is 17.8 Å². The van der Waals surface area contributed by atoms with E-state index in [4.69, 9.17) is 18.9 Å². The molecule has 184 valence electrons. The van der Waals surface area contributed by atoms with Crippen molar-refractivity contribution in [3.05, 3.63) is 82.4 Å². The Morgan fingerprint density at radius 3 is 2.61 bits per heavy atom. The molecule has 0 aliphatic carbocycles. The van der Waals surface area contributed by atoms with Crippen LogP contribution in [0.15, 0.2) is 54.6 Å². The topological polar surface area (TPSA) is 86.3 Å². The van der Waals surface area contributed by atoms with Crippen molar-refractivity contribution in [3.63, 3.8) is 0 Å². The fraction of sp³-hybridized carbons (Fsp3) is 0.286. The Bertz CT molecular complexity index is 1370. The second-order valence-corrected chi connectivity index (χ2v) is 9.07. The molecule has 3 aliphatic heterocycles. The minimum atomic E-state index is -0.579. The Kier molecular flexibility index (Phi) is 5.44. The van der Waals surface area contributed by atoms with Crippen molar-refractivity contribution in [2.45, 2.75) is 24.9 Å². The van der Waals surface area contributed by atoms with Gasteiger partial charge in [-0.25, -0.2) is 0 Å². The SMILES string of the molecule is COc1cc2c(cc1OC)[C@@H]1[C@H](C(=O)NCc3ccc4c(c3)OCO4)c3ccccc3C(=O)N1CC2. The number of methoxy groups -OCH3 is 2. The van der Waals surface area contributed by atoms with Crippen LogP contribution >= 0.6 is 0 Å². The van der Waals surface area contributed by atoms with Gasteiger partial charge in [-0.2, -0.15) is 0 Å². The maximum atomic E-state index is 13.9. The number of nitrogens with zero attached hydrogens (tertiary/aromatic N) is 1. The molecule has 3 aromatic rings. The van der Waals surface area contributed by atoms with Gasteiger partial charge in [0.1, 0.15) is 0 Å². The molecule has 1 N–H and O–H groups in total. The van der Waals surface area contributed by atoms with Gasteiger partial charge in [-0.1, -0.05) is 24.3 Å². The number of hydrogen-bond acceptors (Lipinski definition) is 6. The summed E-state index contributed by atoms with van der Waals surface area (Å²) in [6.07, 6.45) is 0.672. The summed E-state index contributed by atoms with van der Waals surface area (Å²) in [5, 5.41) is 3.10. The van der Waals surface area contributed by atoms with Gasteiger partial charge in [-0.3, -0.25) is 9.59 Å². The first-order valence-corrected chi connectivity index (χ1v) is 11.9. The first kappa shape index (κ1) is 22.3. The molecule has 6 rings (SSSR count). The predicted molar refractivity (Wildman–Crippen MR) is 131 cm³/mol. The van der Waals surface area contributed by atoms with Gasteiger partial charge in [0.2, 0.25) is 12.7 Å². The van der Waals surface area contributed by atoms with E-state index >= 15 is 0 Å². The van der Waals surface area contributed by atoms with Crippen LogP contribution in [0, 0.1) is 0 Å². The molecule has 0 radical (unpaired) electrons. The van der Waals surface area contributed by atoms with Crippen LogP contribution in [0.5, 0.6) is 23.0 Å². The van der Waals surface area contributed by atoms with Gasteiger partial charge >= 0.3 is 0 Å². The Morgan fingerprint density at radius 2 is 1.78 bits per heavy atom. The lowest BCUT2D eigenvalue weighted by atomic mass is 9.75. The smallest absolute Gasteiger partial charge is 0.254 e. The average molecular weight is 487 g/mol. The van der Waals surface area contributed by atoms with Crippen LogP contribution in [0.3, 0.4) is 0 Å². The van der Waals surface area contributed by atoms with Crippen molar-refractivity contribution in [1.29, 1.82) is 0 Å². The maximum absolute atomic E-state index is 13.9. The maximum Gasteiger partial charge on any atom is 0.254 e. The lowest BCUT2D eigenvalue weighted by Gasteiger charge is -2.45. The van der Waals surface area contributed by atoms with Gasteiger partial charge in [0.05, 0.1) is 26.2 Å². The zero-order chi connectivity index (χ0) is 24.8. The number of amides is 2. The Morgan fingerprint density at radius 1 is 1.00 bits per heavy atom. The predicted octanol–water partition coefficient (Wildman–Crippen LogP) is 3.59. The molecular weight excluding hydrogens is 460 g/mol. The second-order valence-electron chi connectivity index (χ2n) is 9.07. The molecule has 0 unspecified atom stereocenters. The number of hydrogen-bond donors (Lipinski definition) is 1. The molecule has 3 aliphatic rings. The van der Waals surface area contributed by atoms with E-state index in [2.05, 4.69) is 5.32 Å². The fourth-order valence-corrected chi connectivity index (χ4v) is 5.49. The normalized spacial score (nSPS) is 19.2. The summed E-state index contributed by atoms with van der Waals surface area (Å²) in [5.41, 5.74) is 4.16. The lowest BCUT2D eigenvalue weighted by molar-refractivity contribution is -0.124. The van der Waals surface area contributed by atoms with Crippen molar-refractivity contribution in [2.24, 2.45) is 0 Å². The molecule has 3 heterocycles. The standard InChI is InChI=1S/C28H26N2O6/c1-33-22-12-17-9-10-30-26(20(17)13-23(22)34-2)25(18-5-3-4-6-19(18)28(30)32)27(31)29-14-16-7-8-21-24(11-16)36-15-35-21/h3-8,11-13,25-26H,9-10,14-15H2,1-2H3,(H,29,31)/t25-,26-/m1/s1. The summed E-state index contributed by atoms with van der Waals surface area (Å²) in [5.74, 6) is 1.79. The van der Waals surface area contributed by atoms with E-state index in [1.54, 1.807) is 20.3 Å². The fourth-order valence-electron chi connectivity index (χ4n) is 5.49. The molecule has 0 spiro atoms.